The molecule has 11 heavy (non-hydrogen) atoms. The zero-order valence-corrected chi connectivity index (χ0v) is 6.75. The average Bonchev–Trinajstić information content (AvgIpc) is 2.34. The fourth-order valence-electron chi connectivity index (χ4n) is 1.68. The van der Waals surface area contributed by atoms with Crippen molar-refractivity contribution in [2.45, 2.75) is 31.8 Å². The summed E-state index contributed by atoms with van der Waals surface area (Å²) in [5.74, 6) is -0.343. The van der Waals surface area contributed by atoms with Gasteiger partial charge in [-0.25, -0.2) is 0 Å². The Morgan fingerprint density at radius 2 is 2.36 bits per heavy atom. The van der Waals surface area contributed by atoms with Gasteiger partial charge in [0, 0.05) is 13.5 Å². The van der Waals surface area contributed by atoms with Crippen molar-refractivity contribution in [2.24, 2.45) is 5.92 Å². The largest absolute Gasteiger partial charge is 0.481 e. The Hall–Kier alpha value is -0.570. The van der Waals surface area contributed by atoms with E-state index in [1.54, 1.807) is 7.11 Å². The molecule has 0 aromatic carbocycles. The van der Waals surface area contributed by atoms with Crippen molar-refractivity contribution in [3.63, 3.8) is 0 Å². The number of ether oxygens (including phenoxy) is 1. The molecule has 1 aliphatic carbocycles. The van der Waals surface area contributed by atoms with Crippen LogP contribution in [0.4, 0.5) is 0 Å². The molecule has 0 amide bonds. The van der Waals surface area contributed by atoms with Gasteiger partial charge in [0.1, 0.15) is 0 Å². The van der Waals surface area contributed by atoms with Gasteiger partial charge in [0.15, 0.2) is 0 Å². The summed E-state index contributed by atoms with van der Waals surface area (Å²) in [6, 6.07) is 0. The van der Waals surface area contributed by atoms with Gasteiger partial charge in [-0.3, -0.25) is 4.79 Å². The number of carboxylic acid groups (broad SMARTS) is 1. The van der Waals surface area contributed by atoms with Crippen LogP contribution in [0.5, 0.6) is 0 Å². The molecule has 0 unspecified atom stereocenters. The third kappa shape index (κ3) is 2.50. The Morgan fingerprint density at radius 3 is 2.82 bits per heavy atom. The second kappa shape index (κ2) is 3.72. The number of aliphatic carboxylic acids is 1. The van der Waals surface area contributed by atoms with E-state index in [1.165, 1.54) is 0 Å². The Morgan fingerprint density at radius 1 is 1.64 bits per heavy atom. The zero-order chi connectivity index (χ0) is 8.27. The maximum atomic E-state index is 10.3. The molecule has 0 aliphatic heterocycles. The van der Waals surface area contributed by atoms with Crippen LogP contribution in [0.2, 0.25) is 0 Å². The number of carboxylic acids is 1. The highest BCUT2D eigenvalue weighted by molar-refractivity contribution is 5.67. The monoisotopic (exact) mass is 158 g/mol. The molecular weight excluding hydrogens is 144 g/mol. The maximum Gasteiger partial charge on any atom is 0.303 e. The fraction of sp³-hybridized carbons (Fsp3) is 0.875. The third-order valence-electron chi connectivity index (χ3n) is 2.29. The molecule has 3 nitrogen and oxygen atoms in total. The van der Waals surface area contributed by atoms with E-state index >= 15 is 0 Å². The first-order valence-corrected chi connectivity index (χ1v) is 3.97. The molecule has 64 valence electrons. The summed E-state index contributed by atoms with van der Waals surface area (Å²) < 4.78 is 5.13. The first-order chi connectivity index (χ1) is 5.22. The molecule has 1 saturated carbocycles. The second-order valence-electron chi connectivity index (χ2n) is 3.13. The first kappa shape index (κ1) is 8.53. The summed E-state index contributed by atoms with van der Waals surface area (Å²) in [6.07, 6.45) is 3.56. The molecule has 3 heteroatoms. The average molecular weight is 158 g/mol. The lowest BCUT2D eigenvalue weighted by molar-refractivity contribution is -0.138. The van der Waals surface area contributed by atoms with E-state index in [1.807, 2.05) is 0 Å². The lowest BCUT2D eigenvalue weighted by atomic mass is 10.0. The minimum Gasteiger partial charge on any atom is -0.481 e. The summed E-state index contributed by atoms with van der Waals surface area (Å²) in [4.78, 5) is 10.3. The van der Waals surface area contributed by atoms with Crippen molar-refractivity contribution in [2.75, 3.05) is 7.11 Å². The van der Waals surface area contributed by atoms with Gasteiger partial charge in [0.25, 0.3) is 0 Å². The van der Waals surface area contributed by atoms with Gasteiger partial charge in [0.2, 0.25) is 0 Å². The van der Waals surface area contributed by atoms with Gasteiger partial charge in [-0.05, 0) is 25.2 Å². The minimum atomic E-state index is -0.688. The van der Waals surface area contributed by atoms with Gasteiger partial charge in [0.05, 0.1) is 6.10 Å². The van der Waals surface area contributed by atoms with Gasteiger partial charge < -0.3 is 9.84 Å². The fourth-order valence-corrected chi connectivity index (χ4v) is 1.68. The van der Waals surface area contributed by atoms with E-state index in [4.69, 9.17) is 9.84 Å². The summed E-state index contributed by atoms with van der Waals surface area (Å²) in [5, 5.41) is 8.49. The van der Waals surface area contributed by atoms with Crippen LogP contribution in [0.15, 0.2) is 0 Å². The molecule has 1 rings (SSSR count). The first-order valence-electron chi connectivity index (χ1n) is 3.97. The molecule has 0 radical (unpaired) electrons. The quantitative estimate of drug-likeness (QED) is 0.673. The molecule has 0 bridgehead atoms. The van der Waals surface area contributed by atoms with Crippen LogP contribution >= 0.6 is 0 Å². The normalized spacial score (nSPS) is 30.6. The number of methoxy groups -OCH3 is 1. The Bertz CT molecular complexity index is 144. The predicted octanol–water partition coefficient (Wildman–Crippen LogP) is 1.28. The van der Waals surface area contributed by atoms with Crippen LogP contribution in [-0.2, 0) is 9.53 Å². The summed E-state index contributed by atoms with van der Waals surface area (Å²) in [7, 11) is 1.69. The topological polar surface area (TPSA) is 46.5 Å². The number of hydrogen-bond donors (Lipinski definition) is 1. The van der Waals surface area contributed by atoms with E-state index in [-0.39, 0.29) is 0 Å². The highest BCUT2D eigenvalue weighted by Crippen LogP contribution is 2.29. The van der Waals surface area contributed by atoms with Gasteiger partial charge in [-0.1, -0.05) is 0 Å². The maximum absolute atomic E-state index is 10.3. The lowest BCUT2D eigenvalue weighted by Gasteiger charge is -2.06. The molecule has 0 heterocycles. The van der Waals surface area contributed by atoms with Crippen molar-refractivity contribution in [1.82, 2.24) is 0 Å². The predicted molar refractivity (Wildman–Crippen MR) is 40.4 cm³/mol. The van der Waals surface area contributed by atoms with Crippen molar-refractivity contribution in [1.29, 1.82) is 0 Å². The summed E-state index contributed by atoms with van der Waals surface area (Å²) >= 11 is 0. The minimum absolute atomic E-state index is 0.305. The van der Waals surface area contributed by atoms with Gasteiger partial charge >= 0.3 is 5.97 Å². The second-order valence-corrected chi connectivity index (χ2v) is 3.13. The van der Waals surface area contributed by atoms with Crippen molar-refractivity contribution < 1.29 is 14.6 Å². The molecule has 0 spiro atoms. The molecule has 0 saturated heterocycles. The van der Waals surface area contributed by atoms with Crippen LogP contribution in [0, 0.1) is 5.92 Å². The van der Waals surface area contributed by atoms with Crippen molar-refractivity contribution in [3.8, 4) is 0 Å². The Kier molecular flexibility index (Phi) is 2.88. The summed E-state index contributed by atoms with van der Waals surface area (Å²) in [5.41, 5.74) is 0. The van der Waals surface area contributed by atoms with E-state index in [0.717, 1.165) is 19.3 Å². The molecule has 1 fully saturated rings. The number of rotatable bonds is 3. The Balaban J connectivity index is 2.24. The number of carbonyl (C=O) groups is 1. The molecular formula is C8H14O3. The van der Waals surface area contributed by atoms with Crippen LogP contribution in [0.1, 0.15) is 25.7 Å². The summed E-state index contributed by atoms with van der Waals surface area (Å²) in [6.45, 7) is 0. The van der Waals surface area contributed by atoms with Crippen LogP contribution in [0.3, 0.4) is 0 Å². The molecule has 0 aromatic heterocycles. The standard InChI is InChI=1S/C8H14O3/c1-11-7-3-2-6(4-7)5-8(9)10/h6-7H,2-5H2,1H3,(H,9,10)/t6-,7-/m0/s1. The highest BCUT2D eigenvalue weighted by atomic mass is 16.5. The SMILES string of the molecule is CO[C@H]1CC[C@H](CC(=O)O)C1. The van der Waals surface area contributed by atoms with E-state index < -0.39 is 5.97 Å². The van der Waals surface area contributed by atoms with Crippen molar-refractivity contribution >= 4 is 5.97 Å². The number of hydrogen-bond acceptors (Lipinski definition) is 2. The van der Waals surface area contributed by atoms with Gasteiger partial charge in [-0.2, -0.15) is 0 Å². The lowest BCUT2D eigenvalue weighted by Crippen LogP contribution is -2.07. The highest BCUT2D eigenvalue weighted by Gasteiger charge is 2.25. The van der Waals surface area contributed by atoms with E-state index in [2.05, 4.69) is 0 Å². The van der Waals surface area contributed by atoms with E-state index in [0.29, 0.717) is 18.4 Å². The van der Waals surface area contributed by atoms with Crippen LogP contribution in [0.25, 0.3) is 0 Å². The van der Waals surface area contributed by atoms with Crippen molar-refractivity contribution in [3.05, 3.63) is 0 Å². The zero-order valence-electron chi connectivity index (χ0n) is 6.75. The molecule has 1 N–H and O–H groups in total. The Labute approximate surface area is 66.4 Å². The van der Waals surface area contributed by atoms with Gasteiger partial charge in [-0.15, -0.1) is 0 Å². The van der Waals surface area contributed by atoms with Crippen LogP contribution in [-0.4, -0.2) is 24.3 Å². The molecule has 2 atom stereocenters. The molecule has 1 aliphatic rings. The van der Waals surface area contributed by atoms with E-state index in [9.17, 15) is 4.79 Å². The van der Waals surface area contributed by atoms with Crippen LogP contribution < -0.4 is 0 Å². The smallest absolute Gasteiger partial charge is 0.303 e. The molecule has 0 aromatic rings. The third-order valence-corrected chi connectivity index (χ3v) is 2.29.